The molecular weight excluding hydrogens is 284 g/mol. The highest BCUT2D eigenvalue weighted by atomic mass is 16.1. The van der Waals surface area contributed by atoms with Crippen molar-refractivity contribution >= 4 is 16.8 Å². The first-order valence-corrected chi connectivity index (χ1v) is 8.04. The van der Waals surface area contributed by atoms with Crippen molar-refractivity contribution in [2.45, 2.75) is 32.9 Å². The molecule has 0 saturated heterocycles. The third kappa shape index (κ3) is 3.45. The summed E-state index contributed by atoms with van der Waals surface area (Å²) in [7, 11) is 0. The number of hydrogen-bond donors (Lipinski definition) is 1. The molecule has 0 radical (unpaired) electrons. The van der Waals surface area contributed by atoms with Crippen molar-refractivity contribution in [1.29, 1.82) is 0 Å². The van der Waals surface area contributed by atoms with Crippen LogP contribution in [0.3, 0.4) is 0 Å². The number of aromatic nitrogens is 1. The first-order valence-electron chi connectivity index (χ1n) is 8.04. The molecule has 0 aliphatic carbocycles. The van der Waals surface area contributed by atoms with Crippen LogP contribution >= 0.6 is 0 Å². The zero-order valence-electron chi connectivity index (χ0n) is 13.6. The van der Waals surface area contributed by atoms with Gasteiger partial charge in [-0.2, -0.15) is 0 Å². The van der Waals surface area contributed by atoms with E-state index in [0.29, 0.717) is 13.0 Å². The predicted molar refractivity (Wildman–Crippen MR) is 94.3 cm³/mol. The molecule has 3 heteroatoms. The number of aryl methyl sites for hydroxylation is 2. The molecule has 1 heterocycles. The number of carbonyl (C=O) groups is 1. The molecule has 1 aromatic heterocycles. The molecule has 0 aliphatic rings. The molecule has 23 heavy (non-hydrogen) atoms. The average Bonchev–Trinajstić information content (AvgIpc) is 2.96. The Hall–Kier alpha value is -2.55. The SMILES string of the molecule is Cc1ccccc1C(C)NC(=O)CCn1ccc2ccccc21. The molecule has 0 aliphatic heterocycles. The lowest BCUT2D eigenvalue weighted by atomic mass is 10.0. The van der Waals surface area contributed by atoms with Crippen LogP contribution in [0.4, 0.5) is 0 Å². The number of fused-ring (bicyclic) bond motifs is 1. The van der Waals surface area contributed by atoms with Crippen molar-refractivity contribution in [2.24, 2.45) is 0 Å². The number of nitrogens with one attached hydrogen (secondary N) is 1. The van der Waals surface area contributed by atoms with E-state index in [4.69, 9.17) is 0 Å². The molecule has 0 spiro atoms. The summed E-state index contributed by atoms with van der Waals surface area (Å²) in [5, 5.41) is 4.30. The standard InChI is InChI=1S/C20H22N2O/c1-15-7-3-5-9-18(15)16(2)21-20(23)12-14-22-13-11-17-8-4-6-10-19(17)22/h3-11,13,16H,12,14H2,1-2H3,(H,21,23). The van der Waals surface area contributed by atoms with Gasteiger partial charge in [0.25, 0.3) is 0 Å². The summed E-state index contributed by atoms with van der Waals surface area (Å²) < 4.78 is 2.13. The fraction of sp³-hybridized carbons (Fsp3) is 0.250. The van der Waals surface area contributed by atoms with Crippen LogP contribution in [0.5, 0.6) is 0 Å². The molecule has 0 fully saturated rings. The Labute approximate surface area is 136 Å². The maximum Gasteiger partial charge on any atom is 0.222 e. The highest BCUT2D eigenvalue weighted by molar-refractivity contribution is 5.80. The van der Waals surface area contributed by atoms with Gasteiger partial charge < -0.3 is 9.88 Å². The van der Waals surface area contributed by atoms with Gasteiger partial charge in [0.2, 0.25) is 5.91 Å². The molecule has 3 nitrogen and oxygen atoms in total. The van der Waals surface area contributed by atoms with Crippen LogP contribution in [0, 0.1) is 6.92 Å². The molecule has 3 rings (SSSR count). The zero-order chi connectivity index (χ0) is 16.2. The van der Waals surface area contributed by atoms with E-state index in [1.54, 1.807) is 0 Å². The van der Waals surface area contributed by atoms with Crippen molar-refractivity contribution in [3.63, 3.8) is 0 Å². The molecule has 1 amide bonds. The van der Waals surface area contributed by atoms with Gasteiger partial charge in [0, 0.05) is 24.7 Å². The highest BCUT2D eigenvalue weighted by Crippen LogP contribution is 2.18. The minimum Gasteiger partial charge on any atom is -0.350 e. The zero-order valence-corrected chi connectivity index (χ0v) is 13.6. The highest BCUT2D eigenvalue weighted by Gasteiger charge is 2.11. The lowest BCUT2D eigenvalue weighted by molar-refractivity contribution is -0.121. The van der Waals surface area contributed by atoms with Crippen LogP contribution < -0.4 is 5.32 Å². The Balaban J connectivity index is 1.61. The van der Waals surface area contributed by atoms with Crippen molar-refractivity contribution in [1.82, 2.24) is 9.88 Å². The lowest BCUT2D eigenvalue weighted by Gasteiger charge is -2.16. The van der Waals surface area contributed by atoms with Crippen molar-refractivity contribution in [2.75, 3.05) is 0 Å². The minimum atomic E-state index is 0.0325. The average molecular weight is 306 g/mol. The Kier molecular flexibility index (Phi) is 4.47. The number of nitrogens with zero attached hydrogens (tertiary/aromatic N) is 1. The van der Waals surface area contributed by atoms with Crippen molar-refractivity contribution in [3.8, 4) is 0 Å². The molecule has 118 valence electrons. The normalized spacial score (nSPS) is 12.3. The molecule has 0 saturated carbocycles. The van der Waals surface area contributed by atoms with Gasteiger partial charge in [-0.05, 0) is 42.5 Å². The monoisotopic (exact) mass is 306 g/mol. The topological polar surface area (TPSA) is 34.0 Å². The van der Waals surface area contributed by atoms with E-state index in [1.165, 1.54) is 22.0 Å². The summed E-state index contributed by atoms with van der Waals surface area (Å²) in [6, 6.07) is 18.5. The molecular formula is C20H22N2O. The Morgan fingerprint density at radius 2 is 1.83 bits per heavy atom. The number of rotatable bonds is 5. The Bertz CT molecular complexity index is 819. The predicted octanol–water partition coefficient (Wildman–Crippen LogP) is 4.22. The summed E-state index contributed by atoms with van der Waals surface area (Å²) in [6.45, 7) is 4.80. The summed E-state index contributed by atoms with van der Waals surface area (Å²) in [5.41, 5.74) is 3.55. The lowest BCUT2D eigenvalue weighted by Crippen LogP contribution is -2.27. The first kappa shape index (κ1) is 15.3. The van der Waals surface area contributed by atoms with E-state index >= 15 is 0 Å². The molecule has 0 bridgehead atoms. The van der Waals surface area contributed by atoms with Gasteiger partial charge >= 0.3 is 0 Å². The first-order chi connectivity index (χ1) is 11.1. The number of benzene rings is 2. The quantitative estimate of drug-likeness (QED) is 0.752. The van der Waals surface area contributed by atoms with Gasteiger partial charge in [-0.3, -0.25) is 4.79 Å². The second-order valence-corrected chi connectivity index (χ2v) is 5.96. The van der Waals surface area contributed by atoms with Crippen molar-refractivity contribution < 1.29 is 4.79 Å². The summed E-state index contributed by atoms with van der Waals surface area (Å²) in [6.07, 6.45) is 2.53. The fourth-order valence-corrected chi connectivity index (χ4v) is 3.02. The second-order valence-electron chi connectivity index (χ2n) is 5.96. The summed E-state index contributed by atoms with van der Waals surface area (Å²) >= 11 is 0. The number of carbonyl (C=O) groups excluding carboxylic acids is 1. The number of para-hydroxylation sites is 1. The smallest absolute Gasteiger partial charge is 0.222 e. The molecule has 1 N–H and O–H groups in total. The van der Waals surface area contributed by atoms with Crippen LogP contribution in [-0.4, -0.2) is 10.5 Å². The third-order valence-electron chi connectivity index (χ3n) is 4.29. The van der Waals surface area contributed by atoms with Crippen LogP contribution in [0.1, 0.15) is 30.5 Å². The maximum atomic E-state index is 12.2. The van der Waals surface area contributed by atoms with E-state index < -0.39 is 0 Å². The second kappa shape index (κ2) is 6.69. The van der Waals surface area contributed by atoms with E-state index in [0.717, 1.165) is 0 Å². The Morgan fingerprint density at radius 1 is 1.09 bits per heavy atom. The van der Waals surface area contributed by atoms with Crippen LogP contribution in [0.2, 0.25) is 0 Å². The summed E-state index contributed by atoms with van der Waals surface area (Å²) in [5.74, 6) is 0.0820. The van der Waals surface area contributed by atoms with Crippen molar-refractivity contribution in [3.05, 3.63) is 71.9 Å². The van der Waals surface area contributed by atoms with Gasteiger partial charge in [-0.1, -0.05) is 42.5 Å². The maximum absolute atomic E-state index is 12.2. The molecule has 2 aromatic carbocycles. The van der Waals surface area contributed by atoms with Gasteiger partial charge in [0.05, 0.1) is 6.04 Å². The van der Waals surface area contributed by atoms with E-state index in [9.17, 15) is 4.79 Å². The third-order valence-corrected chi connectivity index (χ3v) is 4.29. The number of amides is 1. The van der Waals surface area contributed by atoms with E-state index in [1.807, 2.05) is 37.4 Å². The minimum absolute atomic E-state index is 0.0325. The van der Waals surface area contributed by atoms with E-state index in [-0.39, 0.29) is 11.9 Å². The van der Waals surface area contributed by atoms with Gasteiger partial charge in [-0.25, -0.2) is 0 Å². The van der Waals surface area contributed by atoms with Crippen LogP contribution in [0.25, 0.3) is 10.9 Å². The fourth-order valence-electron chi connectivity index (χ4n) is 3.02. The molecule has 1 unspecified atom stereocenters. The summed E-state index contributed by atoms with van der Waals surface area (Å²) in [4.78, 5) is 12.2. The van der Waals surface area contributed by atoms with E-state index in [2.05, 4.69) is 47.1 Å². The largest absolute Gasteiger partial charge is 0.350 e. The molecule has 3 aromatic rings. The van der Waals surface area contributed by atoms with Gasteiger partial charge in [0.15, 0.2) is 0 Å². The van der Waals surface area contributed by atoms with Crippen LogP contribution in [-0.2, 0) is 11.3 Å². The molecule has 1 atom stereocenters. The Morgan fingerprint density at radius 3 is 2.65 bits per heavy atom. The van der Waals surface area contributed by atoms with Gasteiger partial charge in [-0.15, -0.1) is 0 Å². The number of hydrogen-bond acceptors (Lipinski definition) is 1. The van der Waals surface area contributed by atoms with Crippen LogP contribution in [0.15, 0.2) is 60.8 Å². The van der Waals surface area contributed by atoms with Gasteiger partial charge in [0.1, 0.15) is 0 Å².